The second kappa shape index (κ2) is 11.9. The first-order valence-electron chi connectivity index (χ1n) is 12.4. The number of benzene rings is 1. The zero-order chi connectivity index (χ0) is 23.3. The van der Waals surface area contributed by atoms with Gasteiger partial charge in [-0.1, -0.05) is 90.8 Å². The average molecular weight is 472 g/mol. The van der Waals surface area contributed by atoms with Gasteiger partial charge in [0.2, 0.25) is 0 Å². The van der Waals surface area contributed by atoms with E-state index in [1.54, 1.807) is 11.8 Å². The number of hydrogen-bond acceptors (Lipinski definition) is 4. The van der Waals surface area contributed by atoms with Gasteiger partial charge in [0.1, 0.15) is 0 Å². The van der Waals surface area contributed by atoms with Crippen LogP contribution in [0.5, 0.6) is 0 Å². The Labute approximate surface area is 204 Å². The number of rotatable bonds is 9. The lowest BCUT2D eigenvalue weighted by molar-refractivity contribution is 0.0987. The van der Waals surface area contributed by atoms with E-state index in [1.807, 2.05) is 30.1 Å². The molecule has 0 saturated heterocycles. The summed E-state index contributed by atoms with van der Waals surface area (Å²) in [5.74, 6) is 1.79. The summed E-state index contributed by atoms with van der Waals surface area (Å²) in [4.78, 5) is 5.96. The molecule has 2 atom stereocenters. The van der Waals surface area contributed by atoms with E-state index < -0.39 is 0 Å². The van der Waals surface area contributed by atoms with Gasteiger partial charge in [0, 0.05) is 11.1 Å². The van der Waals surface area contributed by atoms with Crippen LogP contribution in [0.1, 0.15) is 108 Å². The van der Waals surface area contributed by atoms with Gasteiger partial charge in [-0.2, -0.15) is 0 Å². The van der Waals surface area contributed by atoms with Crippen molar-refractivity contribution in [2.45, 2.75) is 112 Å². The molecule has 4 heteroatoms. The van der Waals surface area contributed by atoms with E-state index in [-0.39, 0.29) is 10.7 Å². The molecule has 0 aliphatic heterocycles. The van der Waals surface area contributed by atoms with Crippen molar-refractivity contribution >= 4 is 23.5 Å². The van der Waals surface area contributed by atoms with E-state index in [9.17, 15) is 5.11 Å². The summed E-state index contributed by atoms with van der Waals surface area (Å²) in [6.45, 7) is 13.8. The fraction of sp³-hybridized carbons (Fsp3) is 0.607. The highest BCUT2D eigenvalue weighted by Crippen LogP contribution is 2.46. The predicted molar refractivity (Wildman–Crippen MR) is 141 cm³/mol. The molecular formula is C28H41NOS2. The zero-order valence-corrected chi connectivity index (χ0v) is 22.3. The third-order valence-corrected chi connectivity index (χ3v) is 9.39. The van der Waals surface area contributed by atoms with E-state index in [0.717, 1.165) is 17.9 Å². The molecule has 1 heterocycles. The summed E-state index contributed by atoms with van der Waals surface area (Å²) in [7, 11) is 0. The van der Waals surface area contributed by atoms with Gasteiger partial charge < -0.3 is 5.11 Å². The minimum absolute atomic E-state index is 0.0351. The van der Waals surface area contributed by atoms with Gasteiger partial charge in [0.05, 0.1) is 15.7 Å². The molecule has 1 aliphatic rings. The van der Waals surface area contributed by atoms with Gasteiger partial charge in [0.15, 0.2) is 0 Å². The molecule has 0 amide bonds. The summed E-state index contributed by atoms with van der Waals surface area (Å²) in [5.41, 5.74) is 4.27. The van der Waals surface area contributed by atoms with Crippen molar-refractivity contribution in [1.82, 2.24) is 4.98 Å². The van der Waals surface area contributed by atoms with Gasteiger partial charge in [0.25, 0.3) is 0 Å². The first-order valence-corrected chi connectivity index (χ1v) is 14.1. The van der Waals surface area contributed by atoms with Crippen molar-refractivity contribution in [2.24, 2.45) is 5.92 Å². The maximum absolute atomic E-state index is 11.6. The molecule has 0 unspecified atom stereocenters. The van der Waals surface area contributed by atoms with Crippen molar-refractivity contribution in [3.05, 3.63) is 53.2 Å². The number of nitrogens with zero attached hydrogens (tertiary/aromatic N) is 1. The van der Waals surface area contributed by atoms with E-state index >= 15 is 0 Å². The zero-order valence-electron chi connectivity index (χ0n) is 20.7. The molecule has 1 fully saturated rings. The first kappa shape index (κ1) is 25.6. The molecule has 2 nitrogen and oxygen atoms in total. The van der Waals surface area contributed by atoms with Crippen molar-refractivity contribution in [2.75, 3.05) is 0 Å². The third kappa shape index (κ3) is 6.55. The Kier molecular flexibility index (Phi) is 9.57. The third-order valence-electron chi connectivity index (χ3n) is 6.60. The number of thioether (sulfide) groups is 2. The highest BCUT2D eigenvalue weighted by molar-refractivity contribution is 8.17. The fourth-order valence-electron chi connectivity index (χ4n) is 4.54. The number of aliphatic hydroxyl groups is 1. The standard InChI is InChI=1S/C28H41NOS2/c1-18(2)22-16-23(19(3)4)27(24(17-22)20(5)6)32-28(31-25-14-10-11-15-29-25)26(30)21-12-8-7-9-13-21/h10-11,14-21,26,28,30H,7-9,12-13H2,1-6H3/t26-,28-/m1/s1. The Morgan fingerprint density at radius 3 is 1.97 bits per heavy atom. The van der Waals surface area contributed by atoms with Crippen molar-refractivity contribution < 1.29 is 5.11 Å². The fourth-order valence-corrected chi connectivity index (χ4v) is 7.65. The lowest BCUT2D eigenvalue weighted by Gasteiger charge is -2.33. The van der Waals surface area contributed by atoms with Crippen molar-refractivity contribution in [3.8, 4) is 0 Å². The molecule has 1 aromatic carbocycles. The van der Waals surface area contributed by atoms with E-state index in [2.05, 4.69) is 64.7 Å². The molecule has 1 aliphatic carbocycles. The van der Waals surface area contributed by atoms with Crippen molar-refractivity contribution in [1.29, 1.82) is 0 Å². The summed E-state index contributed by atoms with van der Waals surface area (Å²) >= 11 is 3.63. The summed E-state index contributed by atoms with van der Waals surface area (Å²) in [5, 5.41) is 12.6. The quantitative estimate of drug-likeness (QED) is 0.293. The van der Waals surface area contributed by atoms with Crippen LogP contribution in [0.3, 0.4) is 0 Å². The van der Waals surface area contributed by atoms with Crippen LogP contribution < -0.4 is 0 Å². The number of aliphatic hydroxyl groups excluding tert-OH is 1. The molecule has 1 saturated carbocycles. The summed E-state index contributed by atoms with van der Waals surface area (Å²) < 4.78 is 0.0351. The normalized spacial score (nSPS) is 17.3. The highest BCUT2D eigenvalue weighted by Gasteiger charge is 2.32. The van der Waals surface area contributed by atoms with Gasteiger partial charge in [-0.3, -0.25) is 0 Å². The summed E-state index contributed by atoms with van der Waals surface area (Å²) in [6, 6.07) is 10.9. The van der Waals surface area contributed by atoms with Crippen LogP contribution in [0, 0.1) is 5.92 Å². The monoisotopic (exact) mass is 471 g/mol. The maximum atomic E-state index is 11.6. The second-order valence-electron chi connectivity index (χ2n) is 10.2. The number of pyridine rings is 1. The molecule has 3 rings (SSSR count). The van der Waals surface area contributed by atoms with Gasteiger partial charge in [-0.15, -0.1) is 11.8 Å². The van der Waals surface area contributed by atoms with Crippen LogP contribution in [0.4, 0.5) is 0 Å². The Bertz CT molecular complexity index is 815. The van der Waals surface area contributed by atoms with E-state index in [4.69, 9.17) is 0 Å². The van der Waals surface area contributed by atoms with Crippen LogP contribution in [-0.2, 0) is 0 Å². The molecule has 0 bridgehead atoms. The summed E-state index contributed by atoms with van der Waals surface area (Å²) in [6.07, 6.45) is 7.59. The van der Waals surface area contributed by atoms with Gasteiger partial charge in [-0.25, -0.2) is 4.98 Å². The highest BCUT2D eigenvalue weighted by atomic mass is 32.2. The maximum Gasteiger partial charge on any atom is 0.0971 e. The molecule has 1 aromatic heterocycles. The Hall–Kier alpha value is -0.970. The topological polar surface area (TPSA) is 33.1 Å². The smallest absolute Gasteiger partial charge is 0.0971 e. The molecular weight excluding hydrogens is 430 g/mol. The molecule has 0 spiro atoms. The Balaban J connectivity index is 2.01. The van der Waals surface area contributed by atoms with Crippen LogP contribution in [0.15, 0.2) is 46.5 Å². The van der Waals surface area contributed by atoms with Gasteiger partial charge in [-0.05, 0) is 65.3 Å². The molecule has 1 N–H and O–H groups in total. The van der Waals surface area contributed by atoms with Crippen molar-refractivity contribution in [3.63, 3.8) is 0 Å². The Morgan fingerprint density at radius 1 is 0.844 bits per heavy atom. The predicted octanol–water partition coefficient (Wildman–Crippen LogP) is 8.60. The van der Waals surface area contributed by atoms with Crippen LogP contribution >= 0.6 is 23.5 Å². The minimum atomic E-state index is -0.336. The van der Waals surface area contributed by atoms with Crippen LogP contribution in [0.2, 0.25) is 0 Å². The molecule has 0 radical (unpaired) electrons. The lowest BCUT2D eigenvalue weighted by atomic mass is 9.86. The van der Waals surface area contributed by atoms with Crippen LogP contribution in [0.25, 0.3) is 0 Å². The lowest BCUT2D eigenvalue weighted by Crippen LogP contribution is -2.31. The van der Waals surface area contributed by atoms with Crippen LogP contribution in [-0.4, -0.2) is 20.8 Å². The largest absolute Gasteiger partial charge is 0.391 e. The number of hydrogen-bond donors (Lipinski definition) is 1. The first-order chi connectivity index (χ1) is 15.3. The SMILES string of the molecule is CC(C)c1cc(C(C)C)c(S[C@@H](Sc2ccccn2)[C@H](O)C2CCCCC2)c(C(C)C)c1. The molecule has 176 valence electrons. The number of aromatic nitrogens is 1. The second-order valence-corrected chi connectivity index (χ2v) is 12.8. The minimum Gasteiger partial charge on any atom is -0.391 e. The van der Waals surface area contributed by atoms with Gasteiger partial charge >= 0.3 is 0 Å². The van der Waals surface area contributed by atoms with E-state index in [1.165, 1.54) is 40.8 Å². The Morgan fingerprint density at radius 2 is 1.47 bits per heavy atom. The molecule has 2 aromatic rings. The molecule has 32 heavy (non-hydrogen) atoms. The van der Waals surface area contributed by atoms with E-state index in [0.29, 0.717) is 23.7 Å². The average Bonchev–Trinajstić information content (AvgIpc) is 2.78.